The predicted octanol–water partition coefficient (Wildman–Crippen LogP) is -0.0893. The second-order valence-corrected chi connectivity index (χ2v) is 2.08. The van der Waals surface area contributed by atoms with E-state index in [9.17, 15) is 4.79 Å². The van der Waals surface area contributed by atoms with Gasteiger partial charge in [0.15, 0.2) is 0 Å². The van der Waals surface area contributed by atoms with Crippen LogP contribution in [0.3, 0.4) is 0 Å². The topological polar surface area (TPSA) is 46.5 Å². The van der Waals surface area contributed by atoms with E-state index in [0.29, 0.717) is 0 Å². The summed E-state index contributed by atoms with van der Waals surface area (Å²) < 4.78 is 4.44. The molecule has 0 aliphatic rings. The minimum absolute atomic E-state index is 0.0340. The van der Waals surface area contributed by atoms with Crippen molar-refractivity contribution in [1.29, 1.82) is 0 Å². The van der Waals surface area contributed by atoms with E-state index in [1.807, 2.05) is 0 Å². The minimum Gasteiger partial charge on any atom is -0.460 e. The van der Waals surface area contributed by atoms with Crippen LogP contribution < -0.4 is 0 Å². The van der Waals surface area contributed by atoms with E-state index < -0.39 is 5.97 Å². The third-order valence-corrected chi connectivity index (χ3v) is 0.822. The van der Waals surface area contributed by atoms with Gasteiger partial charge in [-0.25, -0.2) is 4.79 Å². The summed E-state index contributed by atoms with van der Waals surface area (Å²) in [6.45, 7) is 3.20. The third kappa shape index (κ3) is 4.13. The first-order chi connectivity index (χ1) is 4.18. The normalized spacial score (nSPS) is 8.67. The summed E-state index contributed by atoms with van der Waals surface area (Å²) in [5.41, 5.74) is 0. The largest absolute Gasteiger partial charge is 0.460 e. The molecule has 0 aliphatic heterocycles. The first-order valence-electron chi connectivity index (χ1n) is 2.41. The first kappa shape index (κ1) is 8.60. The van der Waals surface area contributed by atoms with Gasteiger partial charge >= 0.3 is 5.97 Å². The van der Waals surface area contributed by atoms with Crippen molar-refractivity contribution in [1.82, 2.24) is 0 Å². The monoisotopic (exact) mass is 148 g/mol. The lowest BCUT2D eigenvalue weighted by molar-refractivity contribution is -0.139. The number of rotatable bonds is 3. The highest BCUT2D eigenvalue weighted by atomic mass is 31.0. The number of aliphatic hydroxyl groups excluding tert-OH is 1. The second-order valence-electron chi connectivity index (χ2n) is 1.38. The van der Waals surface area contributed by atoms with Gasteiger partial charge in [0.05, 0.1) is 6.61 Å². The van der Waals surface area contributed by atoms with Crippen LogP contribution in [0.25, 0.3) is 0 Å². The van der Waals surface area contributed by atoms with E-state index in [-0.39, 0.29) is 18.5 Å². The summed E-state index contributed by atoms with van der Waals surface area (Å²) in [7, 11) is 2.12. The van der Waals surface area contributed by atoms with Crippen molar-refractivity contribution in [3.63, 3.8) is 0 Å². The average molecular weight is 148 g/mol. The molecule has 0 bridgehead atoms. The van der Waals surface area contributed by atoms with Gasteiger partial charge in [-0.3, -0.25) is 0 Å². The molecule has 0 aromatic heterocycles. The number of hydrogen-bond acceptors (Lipinski definition) is 3. The van der Waals surface area contributed by atoms with Crippen LogP contribution in [0.2, 0.25) is 0 Å². The maximum atomic E-state index is 10.4. The first-order valence-corrected chi connectivity index (χ1v) is 2.98. The molecule has 4 heteroatoms. The Balaban J connectivity index is 3.39. The smallest absolute Gasteiger partial charge is 0.337 e. The fourth-order valence-corrected chi connectivity index (χ4v) is 0.314. The fraction of sp³-hybridized carbons (Fsp3) is 0.400. The summed E-state index contributed by atoms with van der Waals surface area (Å²) in [6, 6.07) is 0. The van der Waals surface area contributed by atoms with Crippen LogP contribution in [-0.2, 0) is 9.53 Å². The molecule has 0 amide bonds. The Morgan fingerprint density at radius 1 is 1.78 bits per heavy atom. The Morgan fingerprint density at radius 2 is 2.33 bits per heavy atom. The molecule has 52 valence electrons. The number of ether oxygens (including phenoxy) is 1. The van der Waals surface area contributed by atoms with Crippen LogP contribution in [0.1, 0.15) is 0 Å². The van der Waals surface area contributed by atoms with Gasteiger partial charge < -0.3 is 9.84 Å². The van der Waals surface area contributed by atoms with E-state index >= 15 is 0 Å². The van der Waals surface area contributed by atoms with Gasteiger partial charge in [0.25, 0.3) is 0 Å². The molecular formula is C5H9O3P. The average Bonchev–Trinajstić information content (AvgIpc) is 1.82. The molecule has 0 aromatic carbocycles. The number of esters is 1. The van der Waals surface area contributed by atoms with Gasteiger partial charge in [-0.1, -0.05) is 15.8 Å². The lowest BCUT2D eigenvalue weighted by atomic mass is 10.6. The van der Waals surface area contributed by atoms with Gasteiger partial charge in [0, 0.05) is 5.31 Å². The molecule has 1 N–H and O–H groups in total. The zero-order valence-electron chi connectivity index (χ0n) is 4.96. The zero-order chi connectivity index (χ0) is 7.28. The molecule has 0 fully saturated rings. The Bertz CT molecular complexity index is 121. The summed E-state index contributed by atoms with van der Waals surface area (Å²) in [5, 5.41) is 8.45. The number of aliphatic hydroxyl groups is 1. The fourth-order valence-electron chi connectivity index (χ4n) is 0.231. The van der Waals surface area contributed by atoms with E-state index in [1.165, 1.54) is 0 Å². The number of carbonyl (C=O) groups is 1. The van der Waals surface area contributed by atoms with E-state index in [4.69, 9.17) is 5.11 Å². The highest BCUT2D eigenvalue weighted by Crippen LogP contribution is 2.02. The van der Waals surface area contributed by atoms with Crippen molar-refractivity contribution >= 4 is 15.2 Å². The molecule has 0 rings (SSSR count). The Hall–Kier alpha value is -0.400. The summed E-state index contributed by atoms with van der Waals surface area (Å²) in [4.78, 5) is 10.4. The van der Waals surface area contributed by atoms with Crippen molar-refractivity contribution in [2.24, 2.45) is 0 Å². The van der Waals surface area contributed by atoms with Gasteiger partial charge in [0.2, 0.25) is 0 Å². The third-order valence-electron chi connectivity index (χ3n) is 0.587. The molecule has 0 heterocycles. The van der Waals surface area contributed by atoms with Crippen molar-refractivity contribution in [2.75, 3.05) is 13.2 Å². The van der Waals surface area contributed by atoms with Gasteiger partial charge in [0.1, 0.15) is 6.61 Å². The van der Waals surface area contributed by atoms with Crippen LogP contribution in [0, 0.1) is 0 Å². The lowest BCUT2D eigenvalue weighted by Gasteiger charge is -1.98. The van der Waals surface area contributed by atoms with Crippen LogP contribution >= 0.6 is 9.24 Å². The summed E-state index contributed by atoms with van der Waals surface area (Å²) in [5.74, 6) is -0.492. The molecule has 0 saturated carbocycles. The molecule has 0 spiro atoms. The standard InChI is InChI=1S/C5H9O3P/c1-4(9)5(7)8-3-2-6/h6H,1-3,9H2. The molecule has 1 unspecified atom stereocenters. The maximum Gasteiger partial charge on any atom is 0.337 e. The van der Waals surface area contributed by atoms with Gasteiger partial charge in [-0.2, -0.15) is 0 Å². The van der Waals surface area contributed by atoms with Gasteiger partial charge in [-0.05, 0) is 0 Å². The Morgan fingerprint density at radius 3 is 2.67 bits per heavy atom. The van der Waals surface area contributed by atoms with Crippen LogP contribution in [0.5, 0.6) is 0 Å². The van der Waals surface area contributed by atoms with Crippen LogP contribution in [-0.4, -0.2) is 24.3 Å². The van der Waals surface area contributed by atoms with Crippen molar-refractivity contribution in [2.45, 2.75) is 0 Å². The maximum absolute atomic E-state index is 10.4. The van der Waals surface area contributed by atoms with Crippen LogP contribution in [0.15, 0.2) is 11.9 Å². The summed E-state index contributed by atoms with van der Waals surface area (Å²) in [6.07, 6.45) is 0. The minimum atomic E-state index is -0.492. The van der Waals surface area contributed by atoms with Crippen molar-refractivity contribution < 1.29 is 14.6 Å². The van der Waals surface area contributed by atoms with Crippen molar-refractivity contribution in [3.05, 3.63) is 11.9 Å². The molecule has 0 radical (unpaired) electrons. The SMILES string of the molecule is C=C(P)C(=O)OCCO. The molecule has 9 heavy (non-hydrogen) atoms. The lowest BCUT2D eigenvalue weighted by Crippen LogP contribution is -2.07. The molecule has 3 nitrogen and oxygen atoms in total. The molecular weight excluding hydrogens is 139 g/mol. The quantitative estimate of drug-likeness (QED) is 0.345. The second kappa shape index (κ2) is 4.48. The van der Waals surface area contributed by atoms with E-state index in [0.717, 1.165) is 0 Å². The summed E-state index contributed by atoms with van der Waals surface area (Å²) >= 11 is 0. The Kier molecular flexibility index (Phi) is 4.28. The molecule has 0 aliphatic carbocycles. The number of carbonyl (C=O) groups excluding carboxylic acids is 1. The van der Waals surface area contributed by atoms with Gasteiger partial charge in [-0.15, -0.1) is 0 Å². The Labute approximate surface area is 55.9 Å². The highest BCUT2D eigenvalue weighted by molar-refractivity contribution is 7.24. The zero-order valence-corrected chi connectivity index (χ0v) is 6.12. The highest BCUT2D eigenvalue weighted by Gasteiger charge is 2.00. The van der Waals surface area contributed by atoms with Crippen molar-refractivity contribution in [3.8, 4) is 0 Å². The number of hydrogen-bond donors (Lipinski definition) is 1. The molecule has 0 aromatic rings. The molecule has 1 atom stereocenters. The predicted molar refractivity (Wildman–Crippen MR) is 36.9 cm³/mol. The van der Waals surface area contributed by atoms with Crippen LogP contribution in [0.4, 0.5) is 0 Å². The van der Waals surface area contributed by atoms with E-state index in [2.05, 4.69) is 20.6 Å². The molecule has 0 saturated heterocycles. The van der Waals surface area contributed by atoms with E-state index in [1.54, 1.807) is 0 Å².